The molecule has 1 unspecified atom stereocenters. The van der Waals surface area contributed by atoms with E-state index >= 15 is 0 Å². The van der Waals surface area contributed by atoms with Crippen LogP contribution in [0, 0.1) is 5.92 Å². The SMILES string of the molecule is O=C(O)C(NCCCc1nc(-c2cccs2)no1)C1CC1. The summed E-state index contributed by atoms with van der Waals surface area (Å²) in [5.74, 6) is 0.763. The van der Waals surface area contributed by atoms with Gasteiger partial charge < -0.3 is 14.9 Å². The number of nitrogens with one attached hydrogen (secondary N) is 1. The van der Waals surface area contributed by atoms with Crippen molar-refractivity contribution >= 4 is 17.3 Å². The van der Waals surface area contributed by atoms with E-state index in [0.29, 0.717) is 30.6 Å². The molecule has 1 atom stereocenters. The van der Waals surface area contributed by atoms with Crippen molar-refractivity contribution < 1.29 is 14.4 Å². The van der Waals surface area contributed by atoms with E-state index in [1.807, 2.05) is 17.5 Å². The second-order valence-electron chi connectivity index (χ2n) is 5.20. The second-order valence-corrected chi connectivity index (χ2v) is 6.15. The molecule has 2 N–H and O–H groups in total. The van der Waals surface area contributed by atoms with E-state index in [9.17, 15) is 4.79 Å². The number of hydrogen-bond acceptors (Lipinski definition) is 6. The van der Waals surface area contributed by atoms with Crippen molar-refractivity contribution in [2.24, 2.45) is 5.92 Å². The highest BCUT2D eigenvalue weighted by Crippen LogP contribution is 2.32. The van der Waals surface area contributed by atoms with Crippen LogP contribution in [0.4, 0.5) is 0 Å². The van der Waals surface area contributed by atoms with Crippen molar-refractivity contribution in [1.82, 2.24) is 15.5 Å². The number of carbonyl (C=O) groups is 1. The first-order valence-electron chi connectivity index (χ1n) is 7.06. The van der Waals surface area contributed by atoms with Crippen LogP contribution in [0.5, 0.6) is 0 Å². The Morgan fingerprint density at radius 3 is 3.10 bits per heavy atom. The Hall–Kier alpha value is -1.73. The van der Waals surface area contributed by atoms with Gasteiger partial charge in [0.15, 0.2) is 0 Å². The average molecular weight is 307 g/mol. The summed E-state index contributed by atoms with van der Waals surface area (Å²) in [4.78, 5) is 16.4. The average Bonchev–Trinajstić information content (AvgIpc) is 2.97. The molecule has 0 aromatic carbocycles. The van der Waals surface area contributed by atoms with Crippen LogP contribution >= 0.6 is 11.3 Å². The van der Waals surface area contributed by atoms with Crippen molar-refractivity contribution in [3.05, 3.63) is 23.4 Å². The van der Waals surface area contributed by atoms with Crippen LogP contribution < -0.4 is 5.32 Å². The number of nitrogens with zero attached hydrogens (tertiary/aromatic N) is 2. The van der Waals surface area contributed by atoms with Gasteiger partial charge in [-0.25, -0.2) is 0 Å². The lowest BCUT2D eigenvalue weighted by atomic mass is 10.2. The van der Waals surface area contributed by atoms with E-state index in [4.69, 9.17) is 9.63 Å². The molecule has 1 aliphatic carbocycles. The molecule has 0 bridgehead atoms. The van der Waals surface area contributed by atoms with Gasteiger partial charge in [0.2, 0.25) is 11.7 Å². The minimum Gasteiger partial charge on any atom is -0.480 e. The zero-order valence-corrected chi connectivity index (χ0v) is 12.3. The third-order valence-electron chi connectivity index (χ3n) is 3.50. The van der Waals surface area contributed by atoms with E-state index in [2.05, 4.69) is 15.5 Å². The fourth-order valence-corrected chi connectivity index (χ4v) is 2.89. The summed E-state index contributed by atoms with van der Waals surface area (Å²) >= 11 is 1.57. The smallest absolute Gasteiger partial charge is 0.320 e. The number of aromatic nitrogens is 2. The van der Waals surface area contributed by atoms with Gasteiger partial charge >= 0.3 is 5.97 Å². The highest BCUT2D eigenvalue weighted by Gasteiger charge is 2.35. The summed E-state index contributed by atoms with van der Waals surface area (Å²) in [7, 11) is 0. The molecule has 6 nitrogen and oxygen atoms in total. The number of aliphatic carboxylic acids is 1. The molecule has 3 rings (SSSR count). The van der Waals surface area contributed by atoms with Gasteiger partial charge in [-0.3, -0.25) is 4.79 Å². The molecule has 2 aromatic heterocycles. The molecule has 1 saturated carbocycles. The van der Waals surface area contributed by atoms with Gasteiger partial charge in [0.05, 0.1) is 4.88 Å². The highest BCUT2D eigenvalue weighted by atomic mass is 32.1. The quantitative estimate of drug-likeness (QED) is 0.727. The van der Waals surface area contributed by atoms with Gasteiger partial charge in [0, 0.05) is 6.42 Å². The van der Waals surface area contributed by atoms with E-state index in [1.165, 1.54) is 0 Å². The number of hydrogen-bond donors (Lipinski definition) is 2. The minimum absolute atomic E-state index is 0.302. The van der Waals surface area contributed by atoms with Gasteiger partial charge in [0.25, 0.3) is 0 Å². The van der Waals surface area contributed by atoms with Gasteiger partial charge in [-0.15, -0.1) is 11.3 Å². The first kappa shape index (κ1) is 14.2. The number of carboxylic acids is 1. The van der Waals surface area contributed by atoms with Gasteiger partial charge in [-0.2, -0.15) is 4.98 Å². The zero-order chi connectivity index (χ0) is 14.7. The van der Waals surface area contributed by atoms with E-state index in [-0.39, 0.29) is 0 Å². The Labute approximate surface area is 126 Å². The summed E-state index contributed by atoms with van der Waals surface area (Å²) in [5.41, 5.74) is 0. The summed E-state index contributed by atoms with van der Waals surface area (Å²) in [6, 6.07) is 3.49. The highest BCUT2D eigenvalue weighted by molar-refractivity contribution is 7.13. The minimum atomic E-state index is -0.754. The molecule has 0 saturated heterocycles. The van der Waals surface area contributed by atoms with Crippen molar-refractivity contribution in [1.29, 1.82) is 0 Å². The number of aryl methyl sites for hydroxylation is 1. The van der Waals surface area contributed by atoms with Crippen LogP contribution in [0.25, 0.3) is 10.7 Å². The molecule has 2 heterocycles. The third kappa shape index (κ3) is 3.68. The lowest BCUT2D eigenvalue weighted by Crippen LogP contribution is -2.39. The summed E-state index contributed by atoms with van der Waals surface area (Å²) in [5, 5.41) is 18.1. The molecule has 112 valence electrons. The Balaban J connectivity index is 1.44. The van der Waals surface area contributed by atoms with Crippen LogP contribution in [0.1, 0.15) is 25.2 Å². The maximum Gasteiger partial charge on any atom is 0.320 e. The Bertz CT molecular complexity index is 592. The fourth-order valence-electron chi connectivity index (χ4n) is 2.24. The standard InChI is InChI=1S/C14H17N3O3S/c18-14(19)12(9-5-6-9)15-7-1-4-11-16-13(17-20-11)10-3-2-8-21-10/h2-3,8-9,12,15H,1,4-7H2,(H,18,19). The molecular weight excluding hydrogens is 290 g/mol. The Morgan fingerprint density at radius 2 is 2.43 bits per heavy atom. The normalized spacial score (nSPS) is 16.0. The van der Waals surface area contributed by atoms with Crippen LogP contribution in [-0.2, 0) is 11.2 Å². The predicted molar refractivity (Wildman–Crippen MR) is 78.1 cm³/mol. The first-order valence-corrected chi connectivity index (χ1v) is 7.94. The Morgan fingerprint density at radius 1 is 1.57 bits per heavy atom. The van der Waals surface area contributed by atoms with E-state index in [1.54, 1.807) is 11.3 Å². The molecule has 0 spiro atoms. The molecule has 0 aliphatic heterocycles. The summed E-state index contributed by atoms with van der Waals surface area (Å²) in [6.07, 6.45) is 3.46. The van der Waals surface area contributed by atoms with Crippen LogP contribution in [-0.4, -0.2) is 33.8 Å². The third-order valence-corrected chi connectivity index (χ3v) is 4.37. The topological polar surface area (TPSA) is 88.2 Å². The first-order chi connectivity index (χ1) is 10.2. The molecule has 0 amide bonds. The predicted octanol–water partition coefficient (Wildman–Crippen LogP) is 2.18. The van der Waals surface area contributed by atoms with E-state index < -0.39 is 12.0 Å². The zero-order valence-electron chi connectivity index (χ0n) is 11.5. The van der Waals surface area contributed by atoms with Crippen molar-refractivity contribution in [3.63, 3.8) is 0 Å². The van der Waals surface area contributed by atoms with Crippen LogP contribution in [0.15, 0.2) is 22.0 Å². The van der Waals surface area contributed by atoms with Crippen LogP contribution in [0.2, 0.25) is 0 Å². The second kappa shape index (κ2) is 6.36. The van der Waals surface area contributed by atoms with Crippen molar-refractivity contribution in [2.45, 2.75) is 31.7 Å². The lowest BCUT2D eigenvalue weighted by molar-refractivity contribution is -0.140. The monoisotopic (exact) mass is 307 g/mol. The molecule has 0 radical (unpaired) electrons. The maximum absolute atomic E-state index is 11.1. The Kier molecular flexibility index (Phi) is 4.31. The summed E-state index contributed by atoms with van der Waals surface area (Å²) in [6.45, 7) is 0.643. The lowest BCUT2D eigenvalue weighted by Gasteiger charge is -2.12. The summed E-state index contributed by atoms with van der Waals surface area (Å²) < 4.78 is 5.20. The molecule has 21 heavy (non-hydrogen) atoms. The number of thiophene rings is 1. The van der Waals surface area contributed by atoms with Crippen molar-refractivity contribution in [2.75, 3.05) is 6.54 Å². The number of carboxylic acid groups (broad SMARTS) is 1. The fraction of sp³-hybridized carbons (Fsp3) is 0.500. The van der Waals surface area contributed by atoms with E-state index in [0.717, 1.165) is 24.1 Å². The van der Waals surface area contributed by atoms with Gasteiger partial charge in [-0.05, 0) is 43.2 Å². The van der Waals surface area contributed by atoms with Crippen LogP contribution in [0.3, 0.4) is 0 Å². The molecule has 7 heteroatoms. The molecule has 1 fully saturated rings. The van der Waals surface area contributed by atoms with Crippen molar-refractivity contribution in [3.8, 4) is 10.7 Å². The number of rotatable bonds is 8. The largest absolute Gasteiger partial charge is 0.480 e. The molecule has 2 aromatic rings. The van der Waals surface area contributed by atoms with Gasteiger partial charge in [0.1, 0.15) is 6.04 Å². The molecular formula is C14H17N3O3S. The molecule has 1 aliphatic rings. The van der Waals surface area contributed by atoms with Gasteiger partial charge in [-0.1, -0.05) is 11.2 Å². The maximum atomic E-state index is 11.1.